The highest BCUT2D eigenvalue weighted by Crippen LogP contribution is 2.19. The van der Waals surface area contributed by atoms with E-state index in [2.05, 4.69) is 0 Å². The first-order chi connectivity index (χ1) is 8.43. The maximum atomic E-state index is 13.5. The van der Waals surface area contributed by atoms with Gasteiger partial charge in [0, 0.05) is 0 Å². The minimum atomic E-state index is -1.11. The number of esters is 1. The lowest BCUT2D eigenvalue weighted by atomic mass is 10.2. The second kappa shape index (κ2) is 6.30. The van der Waals surface area contributed by atoms with Crippen LogP contribution in [0.1, 0.15) is 24.2 Å². The fourth-order valence-corrected chi connectivity index (χ4v) is 1.25. The summed E-state index contributed by atoms with van der Waals surface area (Å²) in [5, 5.41) is 0. The van der Waals surface area contributed by atoms with E-state index in [0.717, 1.165) is 12.1 Å². The molecule has 4 nitrogen and oxygen atoms in total. The molecule has 1 aromatic carbocycles. The Kier molecular flexibility index (Phi) is 5.03. The number of carbonyl (C=O) groups excluding carboxylic acids is 1. The summed E-state index contributed by atoms with van der Waals surface area (Å²) in [5.74, 6) is -3.20. The molecule has 18 heavy (non-hydrogen) atoms. The third-order valence-corrected chi connectivity index (χ3v) is 2.09. The Labute approximate surface area is 104 Å². The molecule has 0 saturated carbocycles. The molecule has 0 aliphatic heterocycles. The molecule has 0 bridgehead atoms. The van der Waals surface area contributed by atoms with Gasteiger partial charge in [0.15, 0.2) is 5.82 Å². The van der Waals surface area contributed by atoms with Crippen molar-refractivity contribution in [1.29, 1.82) is 0 Å². The molecule has 0 fully saturated rings. The molecule has 0 aliphatic rings. The molecular weight excluding hydrogens is 244 g/mol. The lowest BCUT2D eigenvalue weighted by molar-refractivity contribution is 0.0170. The number of rotatable bonds is 5. The molecule has 6 heteroatoms. The van der Waals surface area contributed by atoms with E-state index in [-0.39, 0.29) is 25.0 Å². The first kappa shape index (κ1) is 14.4. The van der Waals surface area contributed by atoms with Gasteiger partial charge in [0.2, 0.25) is 0 Å². The fourth-order valence-electron chi connectivity index (χ4n) is 1.25. The quantitative estimate of drug-likeness (QED) is 0.500. The molecule has 0 atom stereocenters. The molecule has 2 N–H and O–H groups in total. The zero-order valence-electron chi connectivity index (χ0n) is 10.2. The fraction of sp³-hybridized carbons (Fsp3) is 0.417. The van der Waals surface area contributed by atoms with Gasteiger partial charge in [-0.3, -0.25) is 0 Å². The highest BCUT2D eigenvalue weighted by atomic mass is 19.1. The normalized spacial score (nSPS) is 10.7. The van der Waals surface area contributed by atoms with E-state index >= 15 is 0 Å². The van der Waals surface area contributed by atoms with E-state index in [9.17, 15) is 13.6 Å². The van der Waals surface area contributed by atoms with Crippen LogP contribution in [0.5, 0.6) is 0 Å². The van der Waals surface area contributed by atoms with Crippen LogP contribution in [0.2, 0.25) is 0 Å². The smallest absolute Gasteiger partial charge is 0.344 e. The summed E-state index contributed by atoms with van der Waals surface area (Å²) in [6, 6.07) is 1.96. The van der Waals surface area contributed by atoms with Crippen molar-refractivity contribution in [3.63, 3.8) is 0 Å². The van der Waals surface area contributed by atoms with E-state index < -0.39 is 23.2 Å². The molecule has 0 amide bonds. The third kappa shape index (κ3) is 3.66. The van der Waals surface area contributed by atoms with Crippen LogP contribution < -0.4 is 5.73 Å². The van der Waals surface area contributed by atoms with Crippen LogP contribution in [0.25, 0.3) is 0 Å². The van der Waals surface area contributed by atoms with Gasteiger partial charge >= 0.3 is 5.97 Å². The molecule has 0 radical (unpaired) electrons. The predicted molar refractivity (Wildman–Crippen MR) is 62.1 cm³/mol. The number of hydrogen-bond acceptors (Lipinski definition) is 4. The Morgan fingerprint density at radius 2 is 2.00 bits per heavy atom. The molecule has 1 rings (SSSR count). The second-order valence-electron chi connectivity index (χ2n) is 3.88. The molecule has 0 unspecified atom stereocenters. The van der Waals surface area contributed by atoms with Gasteiger partial charge < -0.3 is 15.2 Å². The Morgan fingerprint density at radius 3 is 2.61 bits per heavy atom. The van der Waals surface area contributed by atoms with Gasteiger partial charge in [-0.15, -0.1) is 0 Å². The maximum Gasteiger partial charge on any atom is 0.344 e. The minimum Gasteiger partial charge on any atom is -0.459 e. The summed E-state index contributed by atoms with van der Waals surface area (Å²) in [6.45, 7) is 3.72. The predicted octanol–water partition coefficient (Wildman–Crippen LogP) is 2.13. The van der Waals surface area contributed by atoms with E-state index in [1.54, 1.807) is 0 Å². The first-order valence-corrected chi connectivity index (χ1v) is 5.45. The topological polar surface area (TPSA) is 61.5 Å². The number of ether oxygens (including phenoxy) is 2. The largest absolute Gasteiger partial charge is 0.459 e. The van der Waals surface area contributed by atoms with Gasteiger partial charge in [0.05, 0.1) is 18.4 Å². The highest BCUT2D eigenvalue weighted by molar-refractivity contribution is 5.91. The molecule has 0 spiro atoms. The van der Waals surface area contributed by atoms with Crippen molar-refractivity contribution < 1.29 is 23.0 Å². The van der Waals surface area contributed by atoms with Crippen LogP contribution in [-0.2, 0) is 9.47 Å². The second-order valence-corrected chi connectivity index (χ2v) is 3.88. The maximum absolute atomic E-state index is 13.5. The Bertz CT molecular complexity index is 436. The average molecular weight is 259 g/mol. The molecular formula is C12H15F2NO3. The van der Waals surface area contributed by atoms with Crippen molar-refractivity contribution >= 4 is 11.7 Å². The summed E-state index contributed by atoms with van der Waals surface area (Å²) >= 11 is 0. The first-order valence-electron chi connectivity index (χ1n) is 5.45. The number of anilines is 1. The van der Waals surface area contributed by atoms with Crippen molar-refractivity contribution in [2.45, 2.75) is 20.0 Å². The van der Waals surface area contributed by atoms with Gasteiger partial charge in [-0.2, -0.15) is 0 Å². The van der Waals surface area contributed by atoms with Gasteiger partial charge in [0.25, 0.3) is 0 Å². The van der Waals surface area contributed by atoms with Crippen LogP contribution in [0.15, 0.2) is 12.1 Å². The Balaban J connectivity index is 2.65. The zero-order valence-corrected chi connectivity index (χ0v) is 10.2. The van der Waals surface area contributed by atoms with Crippen LogP contribution in [0.3, 0.4) is 0 Å². The number of carbonyl (C=O) groups is 1. The minimum absolute atomic E-state index is 0.00968. The summed E-state index contributed by atoms with van der Waals surface area (Å²) in [4.78, 5) is 11.5. The lowest BCUT2D eigenvalue weighted by Crippen LogP contribution is -2.16. The van der Waals surface area contributed by atoms with Crippen molar-refractivity contribution in [3.05, 3.63) is 29.3 Å². The SMILES string of the molecule is CC(C)OCCOC(=O)c1c(F)ccc(N)c1F. The van der Waals surface area contributed by atoms with E-state index in [1.807, 2.05) is 13.8 Å². The van der Waals surface area contributed by atoms with Gasteiger partial charge in [-0.1, -0.05) is 0 Å². The molecule has 100 valence electrons. The number of benzene rings is 1. The zero-order chi connectivity index (χ0) is 13.7. The summed E-state index contributed by atoms with van der Waals surface area (Å²) in [5.41, 5.74) is 4.17. The average Bonchev–Trinajstić information content (AvgIpc) is 2.30. The lowest BCUT2D eigenvalue weighted by Gasteiger charge is -2.09. The highest BCUT2D eigenvalue weighted by Gasteiger charge is 2.20. The van der Waals surface area contributed by atoms with Gasteiger partial charge in [-0.25, -0.2) is 13.6 Å². The van der Waals surface area contributed by atoms with Crippen LogP contribution in [-0.4, -0.2) is 25.3 Å². The van der Waals surface area contributed by atoms with E-state index in [4.69, 9.17) is 15.2 Å². The van der Waals surface area contributed by atoms with Gasteiger partial charge in [0.1, 0.15) is 18.0 Å². The molecule has 0 aromatic heterocycles. The molecule has 0 saturated heterocycles. The molecule has 1 aromatic rings. The van der Waals surface area contributed by atoms with E-state index in [1.165, 1.54) is 0 Å². The van der Waals surface area contributed by atoms with Crippen LogP contribution >= 0.6 is 0 Å². The van der Waals surface area contributed by atoms with Crippen molar-refractivity contribution in [1.82, 2.24) is 0 Å². The Hall–Kier alpha value is -1.69. The monoisotopic (exact) mass is 259 g/mol. The molecule has 0 aliphatic carbocycles. The van der Waals surface area contributed by atoms with Crippen LogP contribution in [0.4, 0.5) is 14.5 Å². The summed E-state index contributed by atoms with van der Waals surface area (Å²) in [6.07, 6.45) is -0.00968. The van der Waals surface area contributed by atoms with Crippen molar-refractivity contribution in [2.24, 2.45) is 0 Å². The van der Waals surface area contributed by atoms with Crippen molar-refractivity contribution in [2.75, 3.05) is 18.9 Å². The number of halogens is 2. The van der Waals surface area contributed by atoms with Crippen molar-refractivity contribution in [3.8, 4) is 0 Å². The Morgan fingerprint density at radius 1 is 1.33 bits per heavy atom. The molecule has 0 heterocycles. The number of hydrogen-bond donors (Lipinski definition) is 1. The summed E-state index contributed by atoms with van der Waals surface area (Å²) < 4.78 is 36.6. The number of nitrogens with two attached hydrogens (primary N) is 1. The third-order valence-electron chi connectivity index (χ3n) is 2.09. The standard InChI is InChI=1S/C12H15F2NO3/c1-7(2)17-5-6-18-12(16)10-8(13)3-4-9(15)11(10)14/h3-4,7H,5-6,15H2,1-2H3. The van der Waals surface area contributed by atoms with Crippen LogP contribution in [0, 0.1) is 11.6 Å². The number of nitrogen functional groups attached to an aromatic ring is 1. The summed E-state index contributed by atoms with van der Waals surface area (Å²) in [7, 11) is 0. The van der Waals surface area contributed by atoms with Gasteiger partial charge in [-0.05, 0) is 26.0 Å². The van der Waals surface area contributed by atoms with E-state index in [0.29, 0.717) is 0 Å².